The number of nitrogens with one attached hydrogen (secondary N) is 1. The van der Waals surface area contributed by atoms with Crippen LogP contribution < -0.4 is 20.0 Å². The highest BCUT2D eigenvalue weighted by molar-refractivity contribution is 5.74. The summed E-state index contributed by atoms with van der Waals surface area (Å²) in [6, 6.07) is 9.02. The number of likely N-dealkylation sites (N-methyl/N-ethyl adjacent to an activating group) is 1. The van der Waals surface area contributed by atoms with E-state index in [1.54, 1.807) is 6.92 Å². The normalized spacial score (nSPS) is 19.3. The van der Waals surface area contributed by atoms with Gasteiger partial charge in [0.25, 0.3) is 0 Å². The molecule has 0 spiro atoms. The second kappa shape index (κ2) is 8.84. The number of aromatic nitrogens is 2. The number of fused-ring (bicyclic) bond motifs is 1. The topological polar surface area (TPSA) is 67.8 Å². The van der Waals surface area contributed by atoms with E-state index in [4.69, 9.17) is 4.98 Å². The van der Waals surface area contributed by atoms with Gasteiger partial charge in [-0.1, -0.05) is 12.8 Å². The standard InChI is InChI=1S/C24H33N7O/c1-18(32)29-12-14-30(15-13-29)20-9-7-19(8-10-20)26-24-25-17-22-23(27-24)31(16-11-28(22)2)21-5-3-4-6-21/h7-10,17,21H,3-6,11-16H2,1-2H3,(H,25,26,27). The number of amides is 1. The number of nitrogens with zero attached hydrogens (tertiary/aromatic N) is 6. The van der Waals surface area contributed by atoms with Crippen LogP contribution in [-0.4, -0.2) is 73.1 Å². The van der Waals surface area contributed by atoms with Gasteiger partial charge in [-0.15, -0.1) is 0 Å². The molecule has 2 aromatic rings. The fraction of sp³-hybridized carbons (Fsp3) is 0.542. The zero-order valence-corrected chi connectivity index (χ0v) is 19.1. The molecule has 1 saturated heterocycles. The molecule has 0 atom stereocenters. The van der Waals surface area contributed by atoms with Crippen molar-refractivity contribution in [3.8, 4) is 0 Å². The quantitative estimate of drug-likeness (QED) is 0.792. The predicted molar refractivity (Wildman–Crippen MR) is 129 cm³/mol. The summed E-state index contributed by atoms with van der Waals surface area (Å²) in [7, 11) is 2.12. The molecule has 8 nitrogen and oxygen atoms in total. The summed E-state index contributed by atoms with van der Waals surface area (Å²) in [4.78, 5) is 30.1. The van der Waals surface area contributed by atoms with Crippen molar-refractivity contribution in [2.75, 3.05) is 66.3 Å². The molecule has 170 valence electrons. The molecular weight excluding hydrogens is 402 g/mol. The Kier molecular flexibility index (Phi) is 5.76. The maximum atomic E-state index is 11.5. The molecule has 1 aliphatic carbocycles. The van der Waals surface area contributed by atoms with Gasteiger partial charge >= 0.3 is 0 Å². The Bertz CT molecular complexity index is 949. The number of carbonyl (C=O) groups is 1. The number of piperazine rings is 1. The molecule has 0 bridgehead atoms. The third kappa shape index (κ3) is 4.18. The minimum absolute atomic E-state index is 0.159. The van der Waals surface area contributed by atoms with E-state index in [1.807, 2.05) is 11.1 Å². The van der Waals surface area contributed by atoms with Crippen molar-refractivity contribution in [2.24, 2.45) is 0 Å². The average Bonchev–Trinajstić information content (AvgIpc) is 3.35. The maximum Gasteiger partial charge on any atom is 0.229 e. The van der Waals surface area contributed by atoms with Gasteiger partial charge < -0.3 is 24.9 Å². The van der Waals surface area contributed by atoms with E-state index in [-0.39, 0.29) is 5.91 Å². The van der Waals surface area contributed by atoms with Gasteiger partial charge in [0.15, 0.2) is 5.82 Å². The van der Waals surface area contributed by atoms with Crippen molar-refractivity contribution in [3.63, 3.8) is 0 Å². The van der Waals surface area contributed by atoms with Crippen LogP contribution in [-0.2, 0) is 4.79 Å². The lowest BCUT2D eigenvalue weighted by Gasteiger charge is -2.39. The van der Waals surface area contributed by atoms with Crippen molar-refractivity contribution < 1.29 is 4.79 Å². The van der Waals surface area contributed by atoms with E-state index in [1.165, 1.54) is 31.4 Å². The zero-order chi connectivity index (χ0) is 22.1. The van der Waals surface area contributed by atoms with E-state index in [2.05, 4.69) is 56.3 Å². The van der Waals surface area contributed by atoms with E-state index >= 15 is 0 Å². The van der Waals surface area contributed by atoms with Crippen molar-refractivity contribution in [1.29, 1.82) is 0 Å². The summed E-state index contributed by atoms with van der Waals surface area (Å²) in [6.07, 6.45) is 7.11. The van der Waals surface area contributed by atoms with E-state index < -0.39 is 0 Å². The lowest BCUT2D eigenvalue weighted by molar-refractivity contribution is -0.129. The summed E-state index contributed by atoms with van der Waals surface area (Å²) in [5.74, 6) is 1.86. The van der Waals surface area contributed by atoms with E-state index in [0.717, 1.165) is 56.5 Å². The molecule has 0 radical (unpaired) electrons. The van der Waals surface area contributed by atoms with Crippen LogP contribution in [0.25, 0.3) is 0 Å². The molecule has 1 N–H and O–H groups in total. The Morgan fingerprint density at radius 2 is 1.72 bits per heavy atom. The summed E-state index contributed by atoms with van der Waals surface area (Å²) in [5, 5.41) is 3.39. The first kappa shape index (κ1) is 20.8. The number of anilines is 5. The highest BCUT2D eigenvalue weighted by atomic mass is 16.2. The second-order valence-electron chi connectivity index (χ2n) is 9.12. The van der Waals surface area contributed by atoms with Crippen LogP contribution in [0.4, 0.5) is 28.8 Å². The first-order valence-corrected chi connectivity index (χ1v) is 11.8. The molecule has 2 fully saturated rings. The number of hydrogen-bond donors (Lipinski definition) is 1. The fourth-order valence-corrected chi connectivity index (χ4v) is 5.13. The smallest absolute Gasteiger partial charge is 0.229 e. The Labute approximate surface area is 190 Å². The molecule has 3 heterocycles. The van der Waals surface area contributed by atoms with Gasteiger partial charge in [-0.3, -0.25) is 4.79 Å². The molecule has 5 rings (SSSR count). The number of rotatable bonds is 4. The largest absolute Gasteiger partial charge is 0.369 e. The zero-order valence-electron chi connectivity index (χ0n) is 19.1. The maximum absolute atomic E-state index is 11.5. The molecule has 32 heavy (non-hydrogen) atoms. The Morgan fingerprint density at radius 1 is 1.00 bits per heavy atom. The molecule has 2 aliphatic heterocycles. The molecular formula is C24H33N7O. The van der Waals surface area contributed by atoms with Gasteiger partial charge in [-0.2, -0.15) is 4.98 Å². The van der Waals surface area contributed by atoms with Crippen LogP contribution in [0, 0.1) is 0 Å². The van der Waals surface area contributed by atoms with Crippen LogP contribution in [0.1, 0.15) is 32.6 Å². The predicted octanol–water partition coefficient (Wildman–Crippen LogP) is 3.09. The molecule has 0 unspecified atom stereocenters. The van der Waals surface area contributed by atoms with Crippen molar-refractivity contribution in [1.82, 2.24) is 14.9 Å². The van der Waals surface area contributed by atoms with Gasteiger partial charge in [-0.05, 0) is 37.1 Å². The Morgan fingerprint density at radius 3 is 2.41 bits per heavy atom. The highest BCUT2D eigenvalue weighted by Crippen LogP contribution is 2.36. The third-order valence-electron chi connectivity index (χ3n) is 7.09. The molecule has 1 aromatic carbocycles. The van der Waals surface area contributed by atoms with Gasteiger partial charge in [0.1, 0.15) is 0 Å². The van der Waals surface area contributed by atoms with Gasteiger partial charge in [0.05, 0.1) is 11.9 Å². The van der Waals surface area contributed by atoms with Crippen LogP contribution in [0.3, 0.4) is 0 Å². The summed E-state index contributed by atoms with van der Waals surface area (Å²) >= 11 is 0. The van der Waals surface area contributed by atoms with Gasteiger partial charge in [-0.25, -0.2) is 4.98 Å². The van der Waals surface area contributed by atoms with Crippen LogP contribution in [0.2, 0.25) is 0 Å². The summed E-state index contributed by atoms with van der Waals surface area (Å²) < 4.78 is 0. The number of hydrogen-bond acceptors (Lipinski definition) is 7. The minimum Gasteiger partial charge on any atom is -0.369 e. The lowest BCUT2D eigenvalue weighted by Crippen LogP contribution is -2.48. The van der Waals surface area contributed by atoms with E-state index in [9.17, 15) is 4.79 Å². The van der Waals surface area contributed by atoms with Crippen molar-refractivity contribution in [2.45, 2.75) is 38.6 Å². The molecule has 1 aromatic heterocycles. The second-order valence-corrected chi connectivity index (χ2v) is 9.12. The van der Waals surface area contributed by atoms with Crippen LogP contribution in [0.15, 0.2) is 30.5 Å². The molecule has 1 amide bonds. The minimum atomic E-state index is 0.159. The first-order valence-electron chi connectivity index (χ1n) is 11.8. The number of carbonyl (C=O) groups excluding carboxylic acids is 1. The Balaban J connectivity index is 1.28. The molecule has 8 heteroatoms. The van der Waals surface area contributed by atoms with Gasteiger partial charge in [0, 0.05) is 70.7 Å². The SMILES string of the molecule is CC(=O)N1CCN(c2ccc(Nc3ncc4c(n3)N(C3CCCC3)CCN4C)cc2)CC1. The number of benzene rings is 1. The molecule has 3 aliphatic rings. The van der Waals surface area contributed by atoms with Crippen molar-refractivity contribution >= 4 is 34.7 Å². The third-order valence-corrected chi connectivity index (χ3v) is 7.09. The van der Waals surface area contributed by atoms with E-state index in [0.29, 0.717) is 12.0 Å². The van der Waals surface area contributed by atoms with Gasteiger partial charge in [0.2, 0.25) is 11.9 Å². The highest BCUT2D eigenvalue weighted by Gasteiger charge is 2.30. The summed E-state index contributed by atoms with van der Waals surface area (Å²) in [5.41, 5.74) is 3.28. The monoisotopic (exact) mass is 435 g/mol. The van der Waals surface area contributed by atoms with Crippen LogP contribution in [0.5, 0.6) is 0 Å². The summed E-state index contributed by atoms with van der Waals surface area (Å²) in [6.45, 7) is 6.98. The fourth-order valence-electron chi connectivity index (χ4n) is 5.13. The van der Waals surface area contributed by atoms with Crippen molar-refractivity contribution in [3.05, 3.63) is 30.5 Å². The lowest BCUT2D eigenvalue weighted by atomic mass is 10.1. The molecule has 1 saturated carbocycles. The Hall–Kier alpha value is -3.03. The first-order chi connectivity index (χ1) is 15.6. The average molecular weight is 436 g/mol. The van der Waals surface area contributed by atoms with Crippen LogP contribution >= 0.6 is 0 Å².